The zero-order valence-corrected chi connectivity index (χ0v) is 11.5. The molecule has 7 heteroatoms. The number of ether oxygens (including phenoxy) is 5. The third kappa shape index (κ3) is 4.68. The first-order valence-electron chi connectivity index (χ1n) is 5.68. The molecule has 0 aromatic heterocycles. The van der Waals surface area contributed by atoms with Gasteiger partial charge in [0, 0.05) is 0 Å². The van der Waals surface area contributed by atoms with Crippen molar-refractivity contribution in [3.63, 3.8) is 0 Å². The van der Waals surface area contributed by atoms with Crippen LogP contribution in [0.3, 0.4) is 0 Å². The van der Waals surface area contributed by atoms with Crippen LogP contribution < -0.4 is 9.47 Å². The number of methoxy groups -OCH3 is 3. The fraction of sp³-hybridized carbons (Fsp3) is 0.385. The van der Waals surface area contributed by atoms with Crippen LogP contribution in [-0.2, 0) is 25.6 Å². The second-order valence-corrected chi connectivity index (χ2v) is 3.59. The number of rotatable bonds is 6. The maximum atomic E-state index is 11.0. The van der Waals surface area contributed by atoms with E-state index < -0.39 is 12.1 Å². The van der Waals surface area contributed by atoms with Crippen molar-refractivity contribution in [2.24, 2.45) is 0 Å². The summed E-state index contributed by atoms with van der Waals surface area (Å²) in [7, 11) is 3.97. The first kappa shape index (κ1) is 15.6. The Morgan fingerprint density at radius 2 is 1.80 bits per heavy atom. The van der Waals surface area contributed by atoms with E-state index in [9.17, 15) is 9.59 Å². The predicted octanol–water partition coefficient (Wildman–Crippen LogP) is 1.53. The molecule has 0 saturated heterocycles. The minimum Gasteiger partial charge on any atom is -0.493 e. The molecule has 0 saturated carbocycles. The Kier molecular flexibility index (Phi) is 6.15. The van der Waals surface area contributed by atoms with Crippen molar-refractivity contribution >= 4 is 12.1 Å². The third-order valence-corrected chi connectivity index (χ3v) is 2.32. The van der Waals surface area contributed by atoms with E-state index in [-0.39, 0.29) is 13.2 Å². The highest BCUT2D eigenvalue weighted by molar-refractivity contribution is 5.71. The van der Waals surface area contributed by atoms with Crippen LogP contribution in [-0.4, -0.2) is 40.1 Å². The van der Waals surface area contributed by atoms with Crippen molar-refractivity contribution in [2.45, 2.75) is 6.61 Å². The molecular formula is C13H16O7. The first-order valence-corrected chi connectivity index (χ1v) is 5.68. The summed E-state index contributed by atoms with van der Waals surface area (Å²) in [5, 5.41) is 0. The first-order chi connectivity index (χ1) is 9.60. The van der Waals surface area contributed by atoms with E-state index in [4.69, 9.17) is 14.2 Å². The van der Waals surface area contributed by atoms with Gasteiger partial charge in [-0.1, -0.05) is 6.07 Å². The summed E-state index contributed by atoms with van der Waals surface area (Å²) in [4.78, 5) is 21.9. The SMILES string of the molecule is COC(=O)COc1cc(COC(=O)OC)ccc1OC. The van der Waals surface area contributed by atoms with Gasteiger partial charge in [0.15, 0.2) is 18.1 Å². The van der Waals surface area contributed by atoms with Crippen molar-refractivity contribution in [1.82, 2.24) is 0 Å². The fourth-order valence-corrected chi connectivity index (χ4v) is 1.32. The van der Waals surface area contributed by atoms with Crippen LogP contribution in [0.4, 0.5) is 4.79 Å². The molecule has 0 unspecified atom stereocenters. The molecule has 0 radical (unpaired) electrons. The Morgan fingerprint density at radius 3 is 2.40 bits per heavy atom. The van der Waals surface area contributed by atoms with Crippen LogP contribution in [0.25, 0.3) is 0 Å². The molecule has 0 fully saturated rings. The lowest BCUT2D eigenvalue weighted by molar-refractivity contribution is -0.142. The lowest BCUT2D eigenvalue weighted by Crippen LogP contribution is -2.13. The standard InChI is InChI=1S/C13H16O7/c1-16-10-5-4-9(7-20-13(15)18-3)6-11(10)19-8-12(14)17-2/h4-6H,7-8H2,1-3H3. The van der Waals surface area contributed by atoms with Gasteiger partial charge >= 0.3 is 12.1 Å². The molecule has 0 spiro atoms. The number of hydrogen-bond acceptors (Lipinski definition) is 7. The normalized spacial score (nSPS) is 9.55. The molecule has 0 N–H and O–H groups in total. The van der Waals surface area contributed by atoms with Gasteiger partial charge in [-0.25, -0.2) is 9.59 Å². The fourth-order valence-electron chi connectivity index (χ4n) is 1.32. The van der Waals surface area contributed by atoms with Gasteiger partial charge in [-0.15, -0.1) is 0 Å². The van der Waals surface area contributed by atoms with Crippen molar-refractivity contribution in [3.05, 3.63) is 23.8 Å². The van der Waals surface area contributed by atoms with Crippen molar-refractivity contribution in [3.8, 4) is 11.5 Å². The Labute approximate surface area is 116 Å². The highest BCUT2D eigenvalue weighted by atomic mass is 16.7. The Balaban J connectivity index is 2.74. The van der Waals surface area contributed by atoms with Crippen molar-refractivity contribution in [2.75, 3.05) is 27.9 Å². The molecule has 110 valence electrons. The third-order valence-electron chi connectivity index (χ3n) is 2.32. The maximum absolute atomic E-state index is 11.0. The molecule has 0 bridgehead atoms. The van der Waals surface area contributed by atoms with E-state index in [0.717, 1.165) is 0 Å². The minimum absolute atomic E-state index is 0.0191. The van der Waals surface area contributed by atoms with Crippen LogP contribution in [0.15, 0.2) is 18.2 Å². The van der Waals surface area contributed by atoms with Gasteiger partial charge in [-0.3, -0.25) is 0 Å². The number of benzene rings is 1. The summed E-state index contributed by atoms with van der Waals surface area (Å²) >= 11 is 0. The molecule has 20 heavy (non-hydrogen) atoms. The summed E-state index contributed by atoms with van der Waals surface area (Å²) in [5.41, 5.74) is 0.663. The molecule has 1 aromatic rings. The Morgan fingerprint density at radius 1 is 1.05 bits per heavy atom. The molecule has 0 amide bonds. The average molecular weight is 284 g/mol. The summed E-state index contributed by atoms with van der Waals surface area (Å²) in [6.45, 7) is -0.223. The van der Waals surface area contributed by atoms with E-state index in [2.05, 4.69) is 9.47 Å². The second-order valence-electron chi connectivity index (χ2n) is 3.59. The summed E-state index contributed by atoms with van der Waals surface area (Å²) in [6, 6.07) is 4.94. The van der Waals surface area contributed by atoms with Crippen LogP contribution in [0, 0.1) is 0 Å². The summed E-state index contributed by atoms with van der Waals surface area (Å²) in [6.07, 6.45) is -0.780. The largest absolute Gasteiger partial charge is 0.508 e. The number of carbonyl (C=O) groups is 2. The van der Waals surface area contributed by atoms with E-state index in [0.29, 0.717) is 17.1 Å². The molecule has 1 aromatic carbocycles. The number of hydrogen-bond donors (Lipinski definition) is 0. The number of esters is 1. The molecule has 7 nitrogen and oxygen atoms in total. The molecule has 0 heterocycles. The van der Waals surface area contributed by atoms with Crippen molar-refractivity contribution in [1.29, 1.82) is 0 Å². The van der Waals surface area contributed by atoms with Gasteiger partial charge < -0.3 is 23.7 Å². The maximum Gasteiger partial charge on any atom is 0.508 e. The Hall–Kier alpha value is -2.44. The molecule has 1 rings (SSSR count). The molecule has 0 aliphatic rings. The topological polar surface area (TPSA) is 80.3 Å². The lowest BCUT2D eigenvalue weighted by Gasteiger charge is -2.11. The van der Waals surface area contributed by atoms with Crippen LogP contribution in [0.1, 0.15) is 5.56 Å². The zero-order valence-electron chi connectivity index (χ0n) is 11.5. The van der Waals surface area contributed by atoms with Crippen LogP contribution in [0.5, 0.6) is 11.5 Å². The molecular weight excluding hydrogens is 268 g/mol. The minimum atomic E-state index is -0.780. The Bertz CT molecular complexity index is 470. The highest BCUT2D eigenvalue weighted by Gasteiger charge is 2.10. The second kappa shape index (κ2) is 7.88. The monoisotopic (exact) mass is 284 g/mol. The van der Waals surface area contributed by atoms with Crippen molar-refractivity contribution < 1.29 is 33.3 Å². The van der Waals surface area contributed by atoms with Gasteiger partial charge in [0.05, 0.1) is 21.3 Å². The lowest BCUT2D eigenvalue weighted by atomic mass is 10.2. The van der Waals surface area contributed by atoms with Crippen LogP contribution in [0.2, 0.25) is 0 Å². The van der Waals surface area contributed by atoms with Gasteiger partial charge in [0.2, 0.25) is 0 Å². The van der Waals surface area contributed by atoms with Gasteiger partial charge in [-0.05, 0) is 17.7 Å². The van der Waals surface area contributed by atoms with Gasteiger partial charge in [0.1, 0.15) is 6.61 Å². The average Bonchev–Trinajstić information content (AvgIpc) is 2.49. The molecule has 0 atom stereocenters. The number of carbonyl (C=O) groups excluding carboxylic acids is 2. The van der Waals surface area contributed by atoms with Gasteiger partial charge in [0.25, 0.3) is 0 Å². The molecule has 0 aliphatic carbocycles. The van der Waals surface area contributed by atoms with Crippen LogP contribution >= 0.6 is 0 Å². The van der Waals surface area contributed by atoms with Gasteiger partial charge in [-0.2, -0.15) is 0 Å². The van der Waals surface area contributed by atoms with E-state index in [1.807, 2.05) is 0 Å². The molecule has 0 aliphatic heterocycles. The van der Waals surface area contributed by atoms with E-state index in [1.165, 1.54) is 21.3 Å². The summed E-state index contributed by atoms with van der Waals surface area (Å²) < 4.78 is 24.0. The highest BCUT2D eigenvalue weighted by Crippen LogP contribution is 2.28. The zero-order chi connectivity index (χ0) is 15.0. The van der Waals surface area contributed by atoms with E-state index in [1.54, 1.807) is 18.2 Å². The smallest absolute Gasteiger partial charge is 0.493 e. The summed E-state index contributed by atoms with van der Waals surface area (Å²) in [5.74, 6) is 0.294. The quantitative estimate of drug-likeness (QED) is 0.733. The van der Waals surface area contributed by atoms with E-state index >= 15 is 0 Å². The predicted molar refractivity (Wildman–Crippen MR) is 67.7 cm³/mol.